The number of carbonyl (C=O) groups is 5. The second-order valence-electron chi connectivity index (χ2n) is 25.9. The van der Waals surface area contributed by atoms with E-state index in [2.05, 4.69) is 26.6 Å². The summed E-state index contributed by atoms with van der Waals surface area (Å²) in [6.45, 7) is -5.45. The van der Waals surface area contributed by atoms with Crippen molar-refractivity contribution in [3.63, 3.8) is 0 Å². The number of ether oxygens (including phenoxy) is 14. The van der Waals surface area contributed by atoms with Gasteiger partial charge in [0.2, 0.25) is 29.5 Å². The molecule has 7 rings (SSSR count). The standard InChI is InChI=1S/C58H99N5O41/c1-15(72)59-20(6-64)33(78)46(21(77)7-65)99-55-32(63-19(5)76)41(86)47(26(12-70)96-55)101-57-45(90)50(49(102-53-30(61-17(3)74)39(84)35(80)23(9-67)93-53)28(98-57)14-91-56-43(88)42(87)37(82)25(11-69)95-56)103-58-51(104-54-31(62-18(4)75)40(85)36(81)24(10-68)94-54)44(89)48(27(13-71)97-58)100-52-29(60-16(2)73)38(83)34(79)22(8-66)92-52/h20-58,64-71,77-90H,6-14H2,1-5H3,(H,59,72)(H,60,73)(H,61,74)(H,62,75)(H,63,76)/t20-,21+,22+,23+,24+,25+,26+,27+,28+,29+,30+,31+,32+,33+,34+,35+,36+,37+,38+,39+,40+,41+,42-,43-,44-,45-,46+,47+,48+,49+,50+,51-,52-,53-,54-,55-,56-,57-,58+/m0/s1. The van der Waals surface area contributed by atoms with Crippen molar-refractivity contribution in [1.82, 2.24) is 26.6 Å². The van der Waals surface area contributed by atoms with Crippen molar-refractivity contribution >= 4 is 29.5 Å². The molecule has 0 aromatic heterocycles. The number of hydrogen-bond donors (Lipinski definition) is 27. The Morgan fingerprint density at radius 2 is 0.673 bits per heavy atom. The average Bonchev–Trinajstić information content (AvgIpc) is 0.754. The number of aliphatic hydroxyl groups excluding tert-OH is 22. The van der Waals surface area contributed by atoms with E-state index < -0.39 is 328 Å². The van der Waals surface area contributed by atoms with Gasteiger partial charge in [-0.25, -0.2) is 0 Å². The third-order valence-corrected chi connectivity index (χ3v) is 18.3. The summed E-state index contributed by atoms with van der Waals surface area (Å²) in [6, 6.07) is -9.31. The van der Waals surface area contributed by atoms with Gasteiger partial charge in [-0.2, -0.15) is 0 Å². The van der Waals surface area contributed by atoms with Crippen LogP contribution in [-0.4, -0.2) is 440 Å². The van der Waals surface area contributed by atoms with Crippen LogP contribution in [0, 0.1) is 0 Å². The molecular weight excluding hydrogens is 1420 g/mol. The minimum absolute atomic E-state index is 0.811. The molecule has 0 radical (unpaired) electrons. The van der Waals surface area contributed by atoms with Crippen LogP contribution in [-0.2, 0) is 90.3 Å². The Labute approximate surface area is 590 Å². The first-order valence-electron chi connectivity index (χ1n) is 33.0. The molecule has 7 saturated heterocycles. The third kappa shape index (κ3) is 20.3. The number of rotatable bonds is 31. The van der Waals surface area contributed by atoms with E-state index in [1.54, 1.807) is 0 Å². The Balaban J connectivity index is 1.41. The van der Waals surface area contributed by atoms with Gasteiger partial charge in [0, 0.05) is 34.6 Å². The van der Waals surface area contributed by atoms with E-state index in [9.17, 15) is 136 Å². The van der Waals surface area contributed by atoms with Gasteiger partial charge in [0.05, 0.1) is 65.5 Å². The van der Waals surface area contributed by atoms with Crippen molar-refractivity contribution in [2.45, 2.75) is 274 Å². The Hall–Kier alpha value is -4.09. The molecule has 7 aliphatic heterocycles. The van der Waals surface area contributed by atoms with Crippen LogP contribution in [0.15, 0.2) is 0 Å². The predicted molar refractivity (Wildman–Crippen MR) is 325 cm³/mol. The summed E-state index contributed by atoms with van der Waals surface area (Å²) < 4.78 is 85.5. The second-order valence-corrected chi connectivity index (χ2v) is 25.9. The lowest BCUT2D eigenvalue weighted by Gasteiger charge is -2.52. The summed E-state index contributed by atoms with van der Waals surface area (Å²) in [6.07, 6.45) is -73.4. The van der Waals surface area contributed by atoms with Crippen LogP contribution in [0.25, 0.3) is 0 Å². The number of nitrogens with one attached hydrogen (secondary N) is 5. The summed E-state index contributed by atoms with van der Waals surface area (Å²) >= 11 is 0. The first-order valence-corrected chi connectivity index (χ1v) is 33.0. The molecule has 7 heterocycles. The van der Waals surface area contributed by atoms with Crippen LogP contribution in [0.4, 0.5) is 0 Å². The minimum Gasteiger partial charge on any atom is -0.394 e. The van der Waals surface area contributed by atoms with Gasteiger partial charge in [-0.15, -0.1) is 0 Å². The normalized spacial score (nSPS) is 44.0. The average molecular weight is 1520 g/mol. The van der Waals surface area contributed by atoms with Crippen molar-refractivity contribution in [3.8, 4) is 0 Å². The van der Waals surface area contributed by atoms with Crippen molar-refractivity contribution < 1.29 is 203 Å². The molecule has 0 spiro atoms. The van der Waals surface area contributed by atoms with Gasteiger partial charge in [-0.1, -0.05) is 0 Å². The van der Waals surface area contributed by atoms with Crippen LogP contribution in [0.2, 0.25) is 0 Å². The molecule has 104 heavy (non-hydrogen) atoms. The molecule has 7 fully saturated rings. The van der Waals surface area contributed by atoms with Crippen LogP contribution >= 0.6 is 0 Å². The van der Waals surface area contributed by atoms with Crippen LogP contribution in [0.3, 0.4) is 0 Å². The van der Waals surface area contributed by atoms with E-state index in [0.29, 0.717) is 0 Å². The predicted octanol–water partition coefficient (Wildman–Crippen LogP) is -18.1. The fourth-order valence-electron chi connectivity index (χ4n) is 13.0. The van der Waals surface area contributed by atoms with E-state index in [1.807, 2.05) is 0 Å². The Morgan fingerprint density at radius 3 is 1.08 bits per heavy atom. The quantitative estimate of drug-likeness (QED) is 0.0306. The zero-order chi connectivity index (χ0) is 77.2. The number of carbonyl (C=O) groups excluding carboxylic acids is 5. The van der Waals surface area contributed by atoms with E-state index in [1.165, 1.54) is 0 Å². The molecule has 602 valence electrons. The summed E-state index contributed by atoms with van der Waals surface area (Å²) in [5, 5.41) is 256. The maximum atomic E-state index is 13.1. The van der Waals surface area contributed by atoms with Crippen LogP contribution in [0.1, 0.15) is 34.6 Å². The zero-order valence-electron chi connectivity index (χ0n) is 56.5. The van der Waals surface area contributed by atoms with Gasteiger partial charge < -0.3 is 205 Å². The van der Waals surface area contributed by atoms with Gasteiger partial charge in [-0.3, -0.25) is 24.0 Å². The van der Waals surface area contributed by atoms with Crippen LogP contribution < -0.4 is 26.6 Å². The van der Waals surface area contributed by atoms with E-state index in [4.69, 9.17) is 66.3 Å². The molecular formula is C58H99N5O41. The summed E-state index contributed by atoms with van der Waals surface area (Å²) in [5.74, 6) is -4.56. The third-order valence-electron chi connectivity index (χ3n) is 18.3. The minimum atomic E-state index is -2.69. The Bertz CT molecular complexity index is 2710. The first kappa shape index (κ1) is 87.1. The SMILES string of the molecule is CC(=O)N[C@H]1[C@H](O[C@@H]([C@H](O)[C@H](CO)NC(C)=O)[C@H](O)CO)O[C@H](CO)[C@@H](O[C@@H]2O[C@H](CO[C@H]3O[C@H](CO)[C@@H](O)[C@H](O)[C@@H]3O)[C@@H](O[C@@H]3O[C@H](CO)[C@@H](O)[C@H](O)[C@H]3NC(C)=O)[C@H](O[C@H]3O[C@H](CO)[C@@H](O[C@@H]4O[C@H](CO)[C@@H](O)[C@H](O)[C@H]4NC(C)=O)[C@H](O)[C@@H]3O[C@@H]3O[C@H](CO)[C@@H](O)[C@H](O)[C@H]3NC(C)=O)[C@@H]2O)[C@@H]1O. The largest absolute Gasteiger partial charge is 0.394 e. The molecule has 27 N–H and O–H groups in total. The highest BCUT2D eigenvalue weighted by molar-refractivity contribution is 5.75. The Kier molecular flexibility index (Phi) is 32.7. The zero-order valence-corrected chi connectivity index (χ0v) is 56.5. The van der Waals surface area contributed by atoms with E-state index in [-0.39, 0.29) is 0 Å². The van der Waals surface area contributed by atoms with E-state index >= 15 is 0 Å². The number of hydrogen-bond acceptors (Lipinski definition) is 41. The maximum absolute atomic E-state index is 13.1. The highest BCUT2D eigenvalue weighted by Gasteiger charge is 2.61. The van der Waals surface area contributed by atoms with Crippen molar-refractivity contribution in [2.75, 3.05) is 59.5 Å². The first-order chi connectivity index (χ1) is 49.1. The van der Waals surface area contributed by atoms with Gasteiger partial charge in [-0.05, 0) is 0 Å². The highest BCUT2D eigenvalue weighted by Crippen LogP contribution is 2.40. The van der Waals surface area contributed by atoms with Gasteiger partial charge in [0.15, 0.2) is 44.0 Å². The second kappa shape index (κ2) is 39.0. The lowest BCUT2D eigenvalue weighted by molar-refractivity contribution is -0.411. The Morgan fingerprint density at radius 1 is 0.327 bits per heavy atom. The van der Waals surface area contributed by atoms with Crippen molar-refractivity contribution in [1.29, 1.82) is 0 Å². The molecule has 0 unspecified atom stereocenters. The fourth-order valence-corrected chi connectivity index (χ4v) is 13.0. The van der Waals surface area contributed by atoms with Crippen molar-refractivity contribution in [2.24, 2.45) is 0 Å². The fraction of sp³-hybridized carbons (Fsp3) is 0.914. The van der Waals surface area contributed by atoms with E-state index in [0.717, 1.165) is 34.6 Å². The lowest BCUT2D eigenvalue weighted by Crippen LogP contribution is -2.71. The number of aliphatic hydroxyl groups is 22. The molecule has 0 saturated carbocycles. The molecule has 7 aliphatic rings. The molecule has 46 heteroatoms. The smallest absolute Gasteiger partial charge is 0.217 e. The van der Waals surface area contributed by atoms with Crippen molar-refractivity contribution in [3.05, 3.63) is 0 Å². The molecule has 0 aromatic rings. The monoisotopic (exact) mass is 1520 g/mol. The summed E-state index contributed by atoms with van der Waals surface area (Å²) in [7, 11) is 0. The molecule has 5 amide bonds. The number of amides is 5. The molecule has 39 atom stereocenters. The molecule has 0 aromatic carbocycles. The lowest BCUT2D eigenvalue weighted by atomic mass is 9.93. The topological polar surface area (TPSA) is 720 Å². The summed E-state index contributed by atoms with van der Waals surface area (Å²) in [5.41, 5.74) is 0. The molecule has 0 bridgehead atoms. The van der Waals surface area contributed by atoms with Gasteiger partial charge in [0.1, 0.15) is 189 Å². The van der Waals surface area contributed by atoms with Gasteiger partial charge in [0.25, 0.3) is 0 Å². The molecule has 46 nitrogen and oxygen atoms in total. The maximum Gasteiger partial charge on any atom is 0.217 e. The summed E-state index contributed by atoms with van der Waals surface area (Å²) in [4.78, 5) is 63.4. The molecule has 0 aliphatic carbocycles. The highest BCUT2D eigenvalue weighted by atomic mass is 16.8. The van der Waals surface area contributed by atoms with Gasteiger partial charge >= 0.3 is 0 Å². The van der Waals surface area contributed by atoms with Crippen LogP contribution in [0.5, 0.6) is 0 Å².